The molecular formula is C23H27BrN4O. The highest BCUT2D eigenvalue weighted by Crippen LogP contribution is 2.32. The zero-order valence-corrected chi connectivity index (χ0v) is 18.6. The third-order valence-electron chi connectivity index (χ3n) is 5.41. The second-order valence-electron chi connectivity index (χ2n) is 7.63. The number of ether oxygens (including phenoxy) is 1. The van der Waals surface area contributed by atoms with Crippen molar-refractivity contribution in [1.82, 2.24) is 14.9 Å². The van der Waals surface area contributed by atoms with Crippen molar-refractivity contribution >= 4 is 38.3 Å². The Kier molecular flexibility index (Phi) is 6.31. The molecule has 2 heterocycles. The predicted molar refractivity (Wildman–Crippen MR) is 122 cm³/mol. The van der Waals surface area contributed by atoms with Crippen LogP contribution in [0.1, 0.15) is 37.3 Å². The molecule has 0 unspecified atom stereocenters. The molecule has 6 heteroatoms. The van der Waals surface area contributed by atoms with Crippen LogP contribution in [0, 0.1) is 0 Å². The van der Waals surface area contributed by atoms with Gasteiger partial charge in [-0.3, -0.25) is 0 Å². The molecule has 0 saturated carbocycles. The van der Waals surface area contributed by atoms with Crippen molar-refractivity contribution in [1.29, 1.82) is 0 Å². The third kappa shape index (κ3) is 4.70. The molecule has 1 N–H and O–H groups in total. The van der Waals surface area contributed by atoms with Crippen LogP contribution in [-0.4, -0.2) is 35.1 Å². The minimum absolute atomic E-state index is 0.742. The predicted octanol–water partition coefficient (Wildman–Crippen LogP) is 5.69. The minimum atomic E-state index is 0.742. The van der Waals surface area contributed by atoms with Crippen LogP contribution in [0.4, 0.5) is 11.5 Å². The van der Waals surface area contributed by atoms with Crippen LogP contribution in [0.25, 0.3) is 10.9 Å². The van der Waals surface area contributed by atoms with Gasteiger partial charge >= 0.3 is 0 Å². The van der Waals surface area contributed by atoms with E-state index in [0.29, 0.717) is 0 Å². The fourth-order valence-corrected chi connectivity index (χ4v) is 4.14. The second kappa shape index (κ2) is 9.09. The molecule has 1 aromatic heterocycles. The molecule has 0 radical (unpaired) electrons. The molecule has 152 valence electrons. The first-order valence-corrected chi connectivity index (χ1v) is 11.1. The summed E-state index contributed by atoms with van der Waals surface area (Å²) in [5, 5.41) is 4.54. The van der Waals surface area contributed by atoms with Gasteiger partial charge in [-0.05, 0) is 74.7 Å². The van der Waals surface area contributed by atoms with Crippen LogP contribution in [0.15, 0.2) is 41.1 Å². The normalized spacial score (nSPS) is 15.8. The fourth-order valence-electron chi connectivity index (χ4n) is 3.78. The second-order valence-corrected chi connectivity index (χ2v) is 8.54. The summed E-state index contributed by atoms with van der Waals surface area (Å²) in [5.74, 6) is 1.75. The van der Waals surface area contributed by atoms with Crippen molar-refractivity contribution in [2.24, 2.45) is 0 Å². The Bertz CT molecular complexity index is 1010. The number of hydrogen-bond acceptors (Lipinski definition) is 5. The number of benzene rings is 2. The van der Waals surface area contributed by atoms with E-state index in [1.165, 1.54) is 24.0 Å². The lowest BCUT2D eigenvalue weighted by Gasteiger charge is -2.20. The Balaban J connectivity index is 1.82. The number of aromatic nitrogens is 2. The quantitative estimate of drug-likeness (QED) is 0.511. The highest BCUT2D eigenvalue weighted by Gasteiger charge is 2.13. The third-order valence-corrected chi connectivity index (χ3v) is 5.90. The summed E-state index contributed by atoms with van der Waals surface area (Å²) in [4.78, 5) is 11.4. The summed E-state index contributed by atoms with van der Waals surface area (Å²) in [5.41, 5.74) is 4.43. The van der Waals surface area contributed by atoms with Gasteiger partial charge in [0.25, 0.3) is 0 Å². The van der Waals surface area contributed by atoms with E-state index >= 15 is 0 Å². The van der Waals surface area contributed by atoms with Crippen molar-refractivity contribution in [2.75, 3.05) is 25.5 Å². The molecule has 1 aliphatic rings. The number of nitrogens with zero attached hydrogens (tertiary/aromatic N) is 3. The lowest BCUT2D eigenvalue weighted by Crippen LogP contribution is -2.20. The van der Waals surface area contributed by atoms with E-state index in [1.807, 2.05) is 0 Å². The Morgan fingerprint density at radius 2 is 2.03 bits per heavy atom. The van der Waals surface area contributed by atoms with Crippen LogP contribution in [0.3, 0.4) is 0 Å². The number of hydrogen-bond donors (Lipinski definition) is 1. The van der Waals surface area contributed by atoms with Crippen molar-refractivity contribution in [2.45, 2.75) is 39.2 Å². The standard InChI is InChI=1S/C23H27BrN4O/c1-3-16-11-21-19-13-22(16)29-10-6-4-5-9-28(2)14-17-7-8-18(24)12-20(17)27-23(19)26-15-25-21/h7-8,11-13,15H,3-6,9-10,14H2,1-2H3,(H,25,26,27). The molecule has 0 saturated heterocycles. The maximum atomic E-state index is 6.18. The summed E-state index contributed by atoms with van der Waals surface area (Å²) in [7, 11) is 2.18. The Morgan fingerprint density at radius 1 is 1.14 bits per heavy atom. The lowest BCUT2D eigenvalue weighted by atomic mass is 10.1. The van der Waals surface area contributed by atoms with Crippen molar-refractivity contribution in [3.05, 3.63) is 52.3 Å². The molecule has 0 fully saturated rings. The largest absolute Gasteiger partial charge is 0.493 e. The average molecular weight is 455 g/mol. The van der Waals surface area contributed by atoms with Gasteiger partial charge in [0.1, 0.15) is 17.9 Å². The van der Waals surface area contributed by atoms with Gasteiger partial charge in [0, 0.05) is 22.1 Å². The van der Waals surface area contributed by atoms with Gasteiger partial charge in [-0.2, -0.15) is 0 Å². The highest BCUT2D eigenvalue weighted by molar-refractivity contribution is 9.10. The van der Waals surface area contributed by atoms with E-state index in [-0.39, 0.29) is 0 Å². The van der Waals surface area contributed by atoms with E-state index in [4.69, 9.17) is 4.74 Å². The smallest absolute Gasteiger partial charge is 0.141 e. The molecule has 0 atom stereocenters. The lowest BCUT2D eigenvalue weighted by molar-refractivity contribution is 0.285. The summed E-state index contributed by atoms with van der Waals surface area (Å²) in [6.07, 6.45) is 5.94. The van der Waals surface area contributed by atoms with E-state index in [0.717, 1.165) is 65.2 Å². The molecule has 29 heavy (non-hydrogen) atoms. The first kappa shape index (κ1) is 20.1. The molecule has 5 nitrogen and oxygen atoms in total. The van der Waals surface area contributed by atoms with Gasteiger partial charge in [-0.15, -0.1) is 0 Å². The molecule has 3 aromatic rings. The molecule has 1 aliphatic heterocycles. The van der Waals surface area contributed by atoms with Gasteiger partial charge < -0.3 is 15.0 Å². The molecule has 2 bridgehead atoms. The number of aryl methyl sites for hydroxylation is 1. The summed E-state index contributed by atoms with van der Waals surface area (Å²) >= 11 is 3.61. The maximum absolute atomic E-state index is 6.18. The number of halogens is 1. The first-order valence-electron chi connectivity index (χ1n) is 10.3. The van der Waals surface area contributed by atoms with Crippen LogP contribution < -0.4 is 10.1 Å². The topological polar surface area (TPSA) is 50.3 Å². The van der Waals surface area contributed by atoms with Gasteiger partial charge in [-0.1, -0.05) is 28.9 Å². The summed E-state index contributed by atoms with van der Waals surface area (Å²) in [6, 6.07) is 10.6. The molecule has 0 aliphatic carbocycles. The maximum Gasteiger partial charge on any atom is 0.141 e. The average Bonchev–Trinajstić information content (AvgIpc) is 2.72. The Hall–Kier alpha value is -2.18. The summed E-state index contributed by atoms with van der Waals surface area (Å²) in [6.45, 7) is 4.86. The SMILES string of the molecule is CCc1cc2ncnc3c2cc1OCCCCCN(C)Cc1ccc(Br)cc1N3. The zero-order valence-electron chi connectivity index (χ0n) is 17.0. The van der Waals surface area contributed by atoms with Gasteiger partial charge in [0.05, 0.1) is 12.1 Å². The number of anilines is 2. The first-order chi connectivity index (χ1) is 14.1. The van der Waals surface area contributed by atoms with E-state index in [2.05, 4.69) is 80.4 Å². The van der Waals surface area contributed by atoms with E-state index < -0.39 is 0 Å². The zero-order chi connectivity index (χ0) is 20.2. The van der Waals surface area contributed by atoms with Gasteiger partial charge in [0.15, 0.2) is 0 Å². The fraction of sp³-hybridized carbons (Fsp3) is 0.391. The van der Waals surface area contributed by atoms with Crippen LogP contribution in [-0.2, 0) is 13.0 Å². The molecule has 2 aromatic carbocycles. The van der Waals surface area contributed by atoms with E-state index in [9.17, 15) is 0 Å². The van der Waals surface area contributed by atoms with Crippen molar-refractivity contribution in [3.8, 4) is 5.75 Å². The van der Waals surface area contributed by atoms with E-state index in [1.54, 1.807) is 6.33 Å². The number of nitrogens with one attached hydrogen (secondary N) is 1. The highest BCUT2D eigenvalue weighted by atomic mass is 79.9. The monoisotopic (exact) mass is 454 g/mol. The number of fused-ring (bicyclic) bond motifs is 2. The molecule has 0 spiro atoms. The number of rotatable bonds is 1. The van der Waals surface area contributed by atoms with Crippen LogP contribution >= 0.6 is 15.9 Å². The van der Waals surface area contributed by atoms with Crippen LogP contribution in [0.5, 0.6) is 5.75 Å². The van der Waals surface area contributed by atoms with Gasteiger partial charge in [0.2, 0.25) is 0 Å². The van der Waals surface area contributed by atoms with Crippen molar-refractivity contribution < 1.29 is 4.74 Å². The van der Waals surface area contributed by atoms with Crippen molar-refractivity contribution in [3.63, 3.8) is 0 Å². The Morgan fingerprint density at radius 3 is 2.90 bits per heavy atom. The molecule has 4 rings (SSSR count). The molecular weight excluding hydrogens is 428 g/mol. The summed E-state index contributed by atoms with van der Waals surface area (Å²) < 4.78 is 7.22. The molecule has 0 amide bonds. The Labute approximate surface area is 180 Å². The van der Waals surface area contributed by atoms with Crippen LogP contribution in [0.2, 0.25) is 0 Å². The minimum Gasteiger partial charge on any atom is -0.493 e. The van der Waals surface area contributed by atoms with Gasteiger partial charge in [-0.25, -0.2) is 9.97 Å².